The Morgan fingerprint density at radius 1 is 1.57 bits per heavy atom. The van der Waals surface area contributed by atoms with Crippen LogP contribution in [0.15, 0.2) is 16.5 Å². The van der Waals surface area contributed by atoms with Crippen LogP contribution in [0, 0.1) is 0 Å². The second kappa shape index (κ2) is 1.46. The molecule has 3 heteroatoms. The van der Waals surface area contributed by atoms with Crippen LogP contribution in [0.3, 0.4) is 0 Å². The fraction of sp³-hybridized carbons (Fsp3) is 0. The molecule has 0 fully saturated rings. The maximum Gasteiger partial charge on any atom is 0.195 e. The van der Waals surface area contributed by atoms with E-state index < -0.39 is 0 Å². The van der Waals surface area contributed by atoms with Crippen LogP contribution >= 0.6 is 11.6 Å². The van der Waals surface area contributed by atoms with Crippen LogP contribution in [0.1, 0.15) is 0 Å². The van der Waals surface area contributed by atoms with Gasteiger partial charge >= 0.3 is 0 Å². The number of halogens is 1. The van der Waals surface area contributed by atoms with Crippen molar-refractivity contribution in [2.75, 3.05) is 5.73 Å². The summed E-state index contributed by atoms with van der Waals surface area (Å²) in [5, 5.41) is 0.331. The molecule has 38 valence electrons. The van der Waals surface area contributed by atoms with E-state index in [0.717, 1.165) is 0 Å². The Labute approximate surface area is 45.9 Å². The van der Waals surface area contributed by atoms with Crippen LogP contribution in [-0.2, 0) is 0 Å². The summed E-state index contributed by atoms with van der Waals surface area (Å²) in [5.41, 5.74) is 5.13. The summed E-state index contributed by atoms with van der Waals surface area (Å²) >= 11 is 5.31. The number of rotatable bonds is 0. The quantitative estimate of drug-likeness (QED) is 0.560. The molecule has 0 radical (unpaired) electrons. The van der Waals surface area contributed by atoms with Gasteiger partial charge in [0.1, 0.15) is 0 Å². The minimum atomic E-state index is 0.331. The molecular formula is C4H4ClNO. The molecule has 0 unspecified atom stereocenters. The van der Waals surface area contributed by atoms with Crippen LogP contribution in [0.5, 0.6) is 0 Å². The third kappa shape index (κ3) is 0.871. The lowest BCUT2D eigenvalue weighted by atomic mass is 10.6. The molecule has 1 heterocycles. The Kier molecular flexibility index (Phi) is 0.947. The van der Waals surface area contributed by atoms with Gasteiger partial charge in [0, 0.05) is 6.07 Å². The van der Waals surface area contributed by atoms with Crippen molar-refractivity contribution in [3.63, 3.8) is 0 Å². The van der Waals surface area contributed by atoms with Gasteiger partial charge in [-0.15, -0.1) is 0 Å². The first-order valence-corrected chi connectivity index (χ1v) is 2.17. The zero-order valence-electron chi connectivity index (χ0n) is 3.52. The highest BCUT2D eigenvalue weighted by Crippen LogP contribution is 2.13. The molecular weight excluding hydrogens is 114 g/mol. The Bertz CT molecular complexity index is 144. The lowest BCUT2D eigenvalue weighted by molar-refractivity contribution is 0.590. The molecule has 0 aliphatic carbocycles. The molecule has 0 aliphatic rings. The number of furan rings is 1. The second-order valence-electron chi connectivity index (χ2n) is 1.14. The number of hydrogen-bond acceptors (Lipinski definition) is 2. The summed E-state index contributed by atoms with van der Waals surface area (Å²) in [6, 6.07) is 3.19. The Balaban J connectivity index is 3.04. The first-order chi connectivity index (χ1) is 3.29. The second-order valence-corrected chi connectivity index (χ2v) is 1.51. The lowest BCUT2D eigenvalue weighted by Crippen LogP contribution is -1.74. The summed E-state index contributed by atoms with van der Waals surface area (Å²) in [6.45, 7) is 0. The number of nitrogen functional groups attached to an aromatic ring is 1. The van der Waals surface area contributed by atoms with Crippen molar-refractivity contribution < 1.29 is 4.42 Å². The number of anilines is 1. The van der Waals surface area contributed by atoms with E-state index in [-0.39, 0.29) is 0 Å². The van der Waals surface area contributed by atoms with Crippen molar-refractivity contribution in [1.82, 2.24) is 0 Å². The summed E-state index contributed by atoms with van der Waals surface area (Å²) in [4.78, 5) is 0. The summed E-state index contributed by atoms with van der Waals surface area (Å²) in [6.07, 6.45) is 0. The van der Waals surface area contributed by atoms with Gasteiger partial charge < -0.3 is 10.2 Å². The first kappa shape index (κ1) is 4.53. The van der Waals surface area contributed by atoms with Gasteiger partial charge in [0.15, 0.2) is 11.1 Å². The van der Waals surface area contributed by atoms with E-state index in [2.05, 4.69) is 4.42 Å². The molecule has 0 bridgehead atoms. The van der Waals surface area contributed by atoms with Crippen LogP contribution in [-0.4, -0.2) is 0 Å². The van der Waals surface area contributed by atoms with E-state index >= 15 is 0 Å². The molecule has 0 aromatic carbocycles. The van der Waals surface area contributed by atoms with E-state index in [1.165, 1.54) is 0 Å². The van der Waals surface area contributed by atoms with Crippen molar-refractivity contribution in [3.05, 3.63) is 17.4 Å². The van der Waals surface area contributed by atoms with Crippen molar-refractivity contribution in [3.8, 4) is 0 Å². The molecule has 2 N–H and O–H groups in total. The van der Waals surface area contributed by atoms with Crippen molar-refractivity contribution in [2.45, 2.75) is 0 Å². The summed E-state index contributed by atoms with van der Waals surface area (Å²) in [7, 11) is 0. The third-order valence-electron chi connectivity index (χ3n) is 0.594. The molecule has 2 nitrogen and oxygen atoms in total. The average molecular weight is 118 g/mol. The van der Waals surface area contributed by atoms with Crippen LogP contribution in [0.4, 0.5) is 5.88 Å². The maximum atomic E-state index is 5.31. The molecule has 0 atom stereocenters. The van der Waals surface area contributed by atoms with Gasteiger partial charge in [0.05, 0.1) is 0 Å². The highest BCUT2D eigenvalue weighted by atomic mass is 35.5. The molecule has 7 heavy (non-hydrogen) atoms. The molecule has 0 saturated heterocycles. The van der Waals surface area contributed by atoms with E-state index in [1.54, 1.807) is 12.1 Å². The Hall–Kier alpha value is -0.630. The average Bonchev–Trinajstić information content (AvgIpc) is 1.87. The van der Waals surface area contributed by atoms with Gasteiger partial charge in [-0.05, 0) is 17.7 Å². The molecule has 0 spiro atoms. The SMILES string of the molecule is Nc1ccc(Cl)o1. The number of nitrogens with two attached hydrogens (primary N) is 1. The minimum absolute atomic E-state index is 0.331. The summed E-state index contributed by atoms with van der Waals surface area (Å²) < 4.78 is 4.63. The Morgan fingerprint density at radius 2 is 2.29 bits per heavy atom. The predicted octanol–water partition coefficient (Wildman–Crippen LogP) is 1.52. The van der Waals surface area contributed by atoms with Gasteiger partial charge in [-0.3, -0.25) is 0 Å². The molecule has 0 amide bonds. The minimum Gasteiger partial charge on any atom is -0.430 e. The first-order valence-electron chi connectivity index (χ1n) is 1.80. The molecule has 1 aromatic heterocycles. The van der Waals surface area contributed by atoms with E-state index in [4.69, 9.17) is 17.3 Å². The van der Waals surface area contributed by atoms with Crippen LogP contribution < -0.4 is 5.73 Å². The Morgan fingerprint density at radius 3 is 2.43 bits per heavy atom. The fourth-order valence-corrected chi connectivity index (χ4v) is 0.480. The molecule has 0 aliphatic heterocycles. The van der Waals surface area contributed by atoms with E-state index in [9.17, 15) is 0 Å². The van der Waals surface area contributed by atoms with Gasteiger partial charge in [0.2, 0.25) is 0 Å². The molecule has 1 aromatic rings. The summed E-state index contributed by atoms with van der Waals surface area (Å²) in [5.74, 6) is 0.352. The largest absolute Gasteiger partial charge is 0.430 e. The topological polar surface area (TPSA) is 39.2 Å². The van der Waals surface area contributed by atoms with Crippen molar-refractivity contribution >= 4 is 17.5 Å². The smallest absolute Gasteiger partial charge is 0.195 e. The standard InChI is InChI=1S/C4H4ClNO/c5-3-1-2-4(6)7-3/h1-2H,6H2. The third-order valence-corrected chi connectivity index (χ3v) is 0.797. The number of hydrogen-bond donors (Lipinski definition) is 1. The fourth-order valence-electron chi connectivity index (χ4n) is 0.328. The van der Waals surface area contributed by atoms with E-state index in [1.807, 2.05) is 0 Å². The van der Waals surface area contributed by atoms with Crippen LogP contribution in [0.25, 0.3) is 0 Å². The maximum absolute atomic E-state index is 5.31. The van der Waals surface area contributed by atoms with Gasteiger partial charge in [-0.2, -0.15) is 0 Å². The molecule has 0 saturated carbocycles. The van der Waals surface area contributed by atoms with E-state index in [0.29, 0.717) is 11.1 Å². The normalized spacial score (nSPS) is 9.29. The lowest BCUT2D eigenvalue weighted by Gasteiger charge is -1.74. The molecule has 1 rings (SSSR count). The zero-order valence-corrected chi connectivity index (χ0v) is 4.27. The van der Waals surface area contributed by atoms with Crippen molar-refractivity contribution in [1.29, 1.82) is 0 Å². The van der Waals surface area contributed by atoms with Gasteiger partial charge in [-0.1, -0.05) is 0 Å². The highest BCUT2D eigenvalue weighted by Gasteiger charge is 1.88. The predicted molar refractivity (Wildman–Crippen MR) is 28.1 cm³/mol. The van der Waals surface area contributed by atoms with Crippen molar-refractivity contribution in [2.24, 2.45) is 0 Å². The van der Waals surface area contributed by atoms with Gasteiger partial charge in [0.25, 0.3) is 0 Å². The van der Waals surface area contributed by atoms with Gasteiger partial charge in [-0.25, -0.2) is 0 Å². The zero-order chi connectivity index (χ0) is 5.28. The monoisotopic (exact) mass is 117 g/mol. The highest BCUT2D eigenvalue weighted by molar-refractivity contribution is 6.28. The van der Waals surface area contributed by atoms with Crippen LogP contribution in [0.2, 0.25) is 5.22 Å².